The van der Waals surface area contributed by atoms with E-state index < -0.39 is 5.60 Å². The fourth-order valence-electron chi connectivity index (χ4n) is 4.49. The van der Waals surface area contributed by atoms with Crippen LogP contribution in [0.1, 0.15) is 81.0 Å². The summed E-state index contributed by atoms with van der Waals surface area (Å²) in [5.74, 6) is 0.947. The van der Waals surface area contributed by atoms with Crippen molar-refractivity contribution in [3.8, 4) is 11.5 Å². The van der Waals surface area contributed by atoms with Gasteiger partial charge in [0.15, 0.2) is 0 Å². The average molecular weight is 423 g/mol. The van der Waals surface area contributed by atoms with Crippen LogP contribution in [0, 0.1) is 0 Å². The molecular weight excluding hydrogens is 388 g/mol. The SMILES string of the molecule is CCOC1(C(c2ccc(O)c(C(C)C)c2)c2ccc(O)c(C(C)C)c2)C=CC(O)=CC1. The van der Waals surface area contributed by atoms with E-state index in [4.69, 9.17) is 4.74 Å². The second-order valence-electron chi connectivity index (χ2n) is 8.93. The number of hydrogen-bond donors (Lipinski definition) is 3. The molecule has 0 saturated carbocycles. The molecule has 4 nitrogen and oxygen atoms in total. The van der Waals surface area contributed by atoms with Crippen LogP contribution in [0.15, 0.2) is 60.4 Å². The van der Waals surface area contributed by atoms with Gasteiger partial charge in [0.2, 0.25) is 0 Å². The van der Waals surface area contributed by atoms with Crippen molar-refractivity contribution < 1.29 is 20.1 Å². The molecule has 1 atom stereocenters. The van der Waals surface area contributed by atoms with Gasteiger partial charge in [-0.2, -0.15) is 0 Å². The summed E-state index contributed by atoms with van der Waals surface area (Å²) in [5.41, 5.74) is 3.12. The molecule has 31 heavy (non-hydrogen) atoms. The van der Waals surface area contributed by atoms with Crippen molar-refractivity contribution in [1.29, 1.82) is 0 Å². The molecule has 1 aliphatic rings. The topological polar surface area (TPSA) is 69.9 Å². The second kappa shape index (κ2) is 9.19. The van der Waals surface area contributed by atoms with E-state index in [0.717, 1.165) is 22.3 Å². The van der Waals surface area contributed by atoms with Gasteiger partial charge in [-0.15, -0.1) is 0 Å². The number of allylic oxidation sites excluding steroid dienone is 1. The van der Waals surface area contributed by atoms with Gasteiger partial charge in [-0.05, 0) is 71.4 Å². The predicted molar refractivity (Wildman–Crippen MR) is 125 cm³/mol. The molecule has 1 unspecified atom stereocenters. The summed E-state index contributed by atoms with van der Waals surface area (Å²) < 4.78 is 6.38. The zero-order valence-corrected chi connectivity index (χ0v) is 19.1. The van der Waals surface area contributed by atoms with Crippen molar-refractivity contribution in [2.45, 2.75) is 64.4 Å². The van der Waals surface area contributed by atoms with Gasteiger partial charge in [-0.3, -0.25) is 0 Å². The molecule has 2 aromatic rings. The first-order chi connectivity index (χ1) is 14.7. The first kappa shape index (κ1) is 23.0. The fourth-order valence-corrected chi connectivity index (χ4v) is 4.49. The van der Waals surface area contributed by atoms with Crippen molar-refractivity contribution in [2.75, 3.05) is 6.61 Å². The molecule has 3 N–H and O–H groups in total. The van der Waals surface area contributed by atoms with Crippen molar-refractivity contribution in [3.63, 3.8) is 0 Å². The van der Waals surface area contributed by atoms with Crippen LogP contribution in [0.2, 0.25) is 0 Å². The van der Waals surface area contributed by atoms with E-state index in [1.54, 1.807) is 24.3 Å². The Bertz CT molecular complexity index is 929. The Hall–Kier alpha value is -2.72. The number of aliphatic hydroxyl groups excluding tert-OH is 1. The summed E-state index contributed by atoms with van der Waals surface area (Å²) in [6, 6.07) is 11.5. The van der Waals surface area contributed by atoms with Crippen LogP contribution in [0.25, 0.3) is 0 Å². The number of ether oxygens (including phenoxy) is 1. The minimum atomic E-state index is -0.697. The average Bonchev–Trinajstić information content (AvgIpc) is 2.72. The molecule has 4 heteroatoms. The minimum Gasteiger partial charge on any atom is -0.508 e. The molecule has 0 amide bonds. The van der Waals surface area contributed by atoms with Gasteiger partial charge in [-0.1, -0.05) is 52.0 Å². The Balaban J connectivity index is 2.26. The lowest BCUT2D eigenvalue weighted by atomic mass is 9.72. The van der Waals surface area contributed by atoms with Crippen molar-refractivity contribution >= 4 is 0 Å². The van der Waals surface area contributed by atoms with Gasteiger partial charge in [-0.25, -0.2) is 0 Å². The lowest BCUT2D eigenvalue weighted by molar-refractivity contribution is -0.0129. The maximum Gasteiger partial charge on any atom is 0.119 e. The predicted octanol–water partition coefficient (Wildman–Crippen LogP) is 6.65. The zero-order valence-electron chi connectivity index (χ0n) is 19.1. The molecule has 0 fully saturated rings. The van der Waals surface area contributed by atoms with E-state index in [0.29, 0.717) is 13.0 Å². The van der Waals surface area contributed by atoms with Crippen LogP contribution >= 0.6 is 0 Å². The van der Waals surface area contributed by atoms with Crippen molar-refractivity contribution in [2.24, 2.45) is 0 Å². The minimum absolute atomic E-state index is 0.167. The van der Waals surface area contributed by atoms with Crippen molar-refractivity contribution in [3.05, 3.63) is 82.6 Å². The molecular formula is C27H34O4. The molecule has 0 saturated heterocycles. The maximum atomic E-state index is 10.4. The second-order valence-corrected chi connectivity index (χ2v) is 8.93. The number of hydrogen-bond acceptors (Lipinski definition) is 4. The Morgan fingerprint density at radius 1 is 0.871 bits per heavy atom. The molecule has 0 spiro atoms. The van der Waals surface area contributed by atoms with E-state index in [9.17, 15) is 15.3 Å². The highest BCUT2D eigenvalue weighted by Gasteiger charge is 2.41. The number of phenols is 2. The summed E-state index contributed by atoms with van der Waals surface area (Å²) in [5, 5.41) is 30.8. The zero-order chi connectivity index (χ0) is 22.8. The molecule has 3 rings (SSSR count). The van der Waals surface area contributed by atoms with E-state index in [1.165, 1.54) is 0 Å². The summed E-state index contributed by atoms with van der Waals surface area (Å²) in [7, 11) is 0. The molecule has 2 aromatic carbocycles. The van der Waals surface area contributed by atoms with Gasteiger partial charge in [0.25, 0.3) is 0 Å². The van der Waals surface area contributed by atoms with Crippen LogP contribution < -0.4 is 0 Å². The molecule has 0 radical (unpaired) electrons. The normalized spacial score (nSPS) is 18.8. The van der Waals surface area contributed by atoms with E-state index in [1.807, 2.05) is 25.1 Å². The fraction of sp³-hybridized carbons (Fsp3) is 0.407. The Kier molecular flexibility index (Phi) is 6.80. The summed E-state index contributed by atoms with van der Waals surface area (Å²) >= 11 is 0. The van der Waals surface area contributed by atoms with Gasteiger partial charge in [0.05, 0.1) is 0 Å². The van der Waals surface area contributed by atoms with Gasteiger partial charge in [0, 0.05) is 18.9 Å². The van der Waals surface area contributed by atoms with E-state index in [2.05, 4.69) is 39.8 Å². The first-order valence-electron chi connectivity index (χ1n) is 11.1. The molecule has 0 bridgehead atoms. The third-order valence-corrected chi connectivity index (χ3v) is 6.08. The number of aliphatic hydroxyl groups is 1. The van der Waals surface area contributed by atoms with Crippen LogP contribution in [-0.2, 0) is 4.74 Å². The molecule has 1 aliphatic carbocycles. The van der Waals surface area contributed by atoms with E-state index in [-0.39, 0.29) is 35.0 Å². The Labute approximate surface area is 185 Å². The van der Waals surface area contributed by atoms with Gasteiger partial charge >= 0.3 is 0 Å². The lowest BCUT2D eigenvalue weighted by Crippen LogP contribution is -2.39. The third-order valence-electron chi connectivity index (χ3n) is 6.08. The molecule has 0 aliphatic heterocycles. The van der Waals surface area contributed by atoms with Crippen LogP contribution in [0.5, 0.6) is 11.5 Å². The first-order valence-corrected chi connectivity index (χ1v) is 11.1. The number of benzene rings is 2. The highest BCUT2D eigenvalue weighted by atomic mass is 16.5. The van der Waals surface area contributed by atoms with Crippen molar-refractivity contribution in [1.82, 2.24) is 0 Å². The van der Waals surface area contributed by atoms with Gasteiger partial charge < -0.3 is 20.1 Å². The standard InChI is InChI=1S/C27H34O4/c1-6-31-27(13-11-21(28)12-14-27)26(19-7-9-24(29)22(15-19)17(2)3)20-8-10-25(30)23(16-20)18(4)5/h7-13,15-18,26,28-30H,6,14H2,1-5H3. The van der Waals surface area contributed by atoms with Crippen LogP contribution in [0.3, 0.4) is 0 Å². The summed E-state index contributed by atoms with van der Waals surface area (Å²) in [6.45, 7) is 10.7. The summed E-state index contributed by atoms with van der Waals surface area (Å²) in [6.07, 6.45) is 5.94. The van der Waals surface area contributed by atoms with E-state index >= 15 is 0 Å². The smallest absolute Gasteiger partial charge is 0.119 e. The highest BCUT2D eigenvalue weighted by molar-refractivity contribution is 5.49. The number of aromatic hydroxyl groups is 2. The molecule has 0 aromatic heterocycles. The highest BCUT2D eigenvalue weighted by Crippen LogP contribution is 2.45. The Morgan fingerprint density at radius 3 is 1.77 bits per heavy atom. The van der Waals surface area contributed by atoms with Crippen LogP contribution in [-0.4, -0.2) is 27.5 Å². The molecule has 166 valence electrons. The third kappa shape index (κ3) is 4.64. The molecule has 0 heterocycles. The van der Waals surface area contributed by atoms with Crippen LogP contribution in [0.4, 0.5) is 0 Å². The van der Waals surface area contributed by atoms with Gasteiger partial charge in [0.1, 0.15) is 22.9 Å². The summed E-state index contributed by atoms with van der Waals surface area (Å²) in [4.78, 5) is 0. The maximum absolute atomic E-state index is 10.4. The largest absolute Gasteiger partial charge is 0.508 e. The number of rotatable bonds is 7. The lowest BCUT2D eigenvalue weighted by Gasteiger charge is -2.40. The number of phenolic OH excluding ortho intramolecular Hbond substituents is 2. The quantitative estimate of drug-likeness (QED) is 0.467. The monoisotopic (exact) mass is 422 g/mol. The Morgan fingerprint density at radius 2 is 1.39 bits per heavy atom.